The van der Waals surface area contributed by atoms with Crippen LogP contribution in [0.4, 0.5) is 10.5 Å². The first kappa shape index (κ1) is 12.3. The molecule has 1 aromatic rings. The van der Waals surface area contributed by atoms with Crippen LogP contribution in [-0.2, 0) is 0 Å². The molecule has 0 aliphatic rings. The van der Waals surface area contributed by atoms with E-state index in [4.69, 9.17) is 9.84 Å². The van der Waals surface area contributed by atoms with Gasteiger partial charge in [-0.05, 0) is 19.1 Å². The van der Waals surface area contributed by atoms with Crippen molar-refractivity contribution in [1.82, 2.24) is 5.32 Å². The number of methoxy groups -OCH3 is 1. The minimum atomic E-state index is -0.559. The predicted molar refractivity (Wildman–Crippen MR) is 61.7 cm³/mol. The van der Waals surface area contributed by atoms with E-state index in [0.29, 0.717) is 11.4 Å². The highest BCUT2D eigenvalue weighted by Crippen LogP contribution is 2.16. The van der Waals surface area contributed by atoms with Crippen LogP contribution in [0.2, 0.25) is 0 Å². The number of anilines is 1. The molecule has 0 saturated heterocycles. The molecule has 0 aliphatic heterocycles. The van der Waals surface area contributed by atoms with Crippen LogP contribution in [0.3, 0.4) is 0 Å². The normalized spacial score (nSPS) is 11.7. The molecule has 1 rings (SSSR count). The van der Waals surface area contributed by atoms with Crippen LogP contribution >= 0.6 is 0 Å². The van der Waals surface area contributed by atoms with Crippen molar-refractivity contribution in [3.8, 4) is 5.75 Å². The molecule has 1 aromatic carbocycles. The van der Waals surface area contributed by atoms with Crippen molar-refractivity contribution in [1.29, 1.82) is 0 Å². The number of amides is 2. The van der Waals surface area contributed by atoms with Crippen molar-refractivity contribution < 1.29 is 14.6 Å². The quantitative estimate of drug-likeness (QED) is 0.719. The fraction of sp³-hybridized carbons (Fsp3) is 0.364. The molecule has 0 heterocycles. The van der Waals surface area contributed by atoms with Crippen molar-refractivity contribution in [2.45, 2.75) is 13.0 Å². The first-order valence-electron chi connectivity index (χ1n) is 4.99. The zero-order valence-electron chi connectivity index (χ0n) is 9.36. The van der Waals surface area contributed by atoms with E-state index in [0.717, 1.165) is 0 Å². The van der Waals surface area contributed by atoms with Crippen LogP contribution in [0, 0.1) is 0 Å². The first-order valence-corrected chi connectivity index (χ1v) is 4.99. The average Bonchev–Trinajstić information content (AvgIpc) is 2.26. The Morgan fingerprint density at radius 2 is 2.31 bits per heavy atom. The third-order valence-electron chi connectivity index (χ3n) is 1.89. The summed E-state index contributed by atoms with van der Waals surface area (Å²) in [6, 6.07) is 6.68. The Hall–Kier alpha value is -1.75. The van der Waals surface area contributed by atoms with Crippen molar-refractivity contribution in [2.75, 3.05) is 19.0 Å². The second-order valence-electron chi connectivity index (χ2n) is 3.42. The van der Waals surface area contributed by atoms with Crippen molar-refractivity contribution in [2.24, 2.45) is 0 Å². The average molecular weight is 224 g/mol. The number of rotatable bonds is 4. The topological polar surface area (TPSA) is 70.6 Å². The molecule has 0 bridgehead atoms. The van der Waals surface area contributed by atoms with E-state index < -0.39 is 6.10 Å². The van der Waals surface area contributed by atoms with Crippen LogP contribution in [0.5, 0.6) is 5.75 Å². The van der Waals surface area contributed by atoms with Crippen molar-refractivity contribution in [3.05, 3.63) is 24.3 Å². The number of nitrogens with one attached hydrogen (secondary N) is 2. The molecule has 3 N–H and O–H groups in total. The molecule has 5 heteroatoms. The summed E-state index contributed by atoms with van der Waals surface area (Å²) in [6.07, 6.45) is -0.559. The van der Waals surface area contributed by atoms with Gasteiger partial charge in [0.1, 0.15) is 5.75 Å². The molecule has 0 radical (unpaired) electrons. The minimum absolute atomic E-state index is 0.218. The smallest absolute Gasteiger partial charge is 0.319 e. The Balaban J connectivity index is 2.49. The van der Waals surface area contributed by atoms with Crippen LogP contribution in [0.15, 0.2) is 24.3 Å². The maximum Gasteiger partial charge on any atom is 0.319 e. The van der Waals surface area contributed by atoms with Gasteiger partial charge in [0.05, 0.1) is 13.2 Å². The lowest BCUT2D eigenvalue weighted by Gasteiger charge is -2.09. The van der Waals surface area contributed by atoms with Crippen molar-refractivity contribution in [3.63, 3.8) is 0 Å². The van der Waals surface area contributed by atoms with E-state index in [1.54, 1.807) is 38.3 Å². The number of aliphatic hydroxyl groups is 1. The SMILES string of the molecule is COc1cccc(NC(=O)NC[C@@H](C)O)c1. The molecule has 16 heavy (non-hydrogen) atoms. The number of urea groups is 1. The molecule has 0 saturated carbocycles. The van der Waals surface area contributed by atoms with Gasteiger partial charge < -0.3 is 20.5 Å². The van der Waals surface area contributed by atoms with E-state index in [1.807, 2.05) is 0 Å². The summed E-state index contributed by atoms with van der Waals surface area (Å²) in [5, 5.41) is 14.1. The summed E-state index contributed by atoms with van der Waals surface area (Å²) in [4.78, 5) is 11.3. The molecule has 0 unspecified atom stereocenters. The number of carbonyl (C=O) groups is 1. The fourth-order valence-electron chi connectivity index (χ4n) is 1.12. The van der Waals surface area contributed by atoms with Gasteiger partial charge in [0.15, 0.2) is 0 Å². The van der Waals surface area contributed by atoms with Gasteiger partial charge in [-0.25, -0.2) is 4.79 Å². The summed E-state index contributed by atoms with van der Waals surface area (Å²) >= 11 is 0. The number of aliphatic hydroxyl groups excluding tert-OH is 1. The second-order valence-corrected chi connectivity index (χ2v) is 3.42. The molecule has 0 aliphatic carbocycles. The highest BCUT2D eigenvalue weighted by molar-refractivity contribution is 5.89. The molecule has 0 fully saturated rings. The Kier molecular flexibility index (Phi) is 4.60. The largest absolute Gasteiger partial charge is 0.497 e. The standard InChI is InChI=1S/C11H16N2O3/c1-8(14)7-12-11(15)13-9-4-3-5-10(6-9)16-2/h3-6,8,14H,7H2,1-2H3,(H2,12,13,15)/t8-/m1/s1. The van der Waals surface area contributed by atoms with E-state index in [2.05, 4.69) is 10.6 Å². The van der Waals surface area contributed by atoms with Gasteiger partial charge in [-0.1, -0.05) is 6.07 Å². The second kappa shape index (κ2) is 5.97. The Morgan fingerprint density at radius 1 is 1.56 bits per heavy atom. The molecular formula is C11H16N2O3. The number of hydrogen-bond acceptors (Lipinski definition) is 3. The Labute approximate surface area is 94.4 Å². The summed E-state index contributed by atoms with van der Waals surface area (Å²) in [6.45, 7) is 1.82. The number of hydrogen-bond donors (Lipinski definition) is 3. The van der Waals surface area contributed by atoms with E-state index in [9.17, 15) is 4.79 Å². The third-order valence-corrected chi connectivity index (χ3v) is 1.89. The lowest BCUT2D eigenvalue weighted by atomic mass is 10.3. The maximum atomic E-state index is 11.3. The maximum absolute atomic E-state index is 11.3. The van der Waals surface area contributed by atoms with Crippen molar-refractivity contribution >= 4 is 11.7 Å². The molecule has 0 aromatic heterocycles. The molecule has 88 valence electrons. The summed E-state index contributed by atoms with van der Waals surface area (Å²) < 4.78 is 5.02. The van der Waals surface area contributed by atoms with Crippen LogP contribution in [0.1, 0.15) is 6.92 Å². The lowest BCUT2D eigenvalue weighted by molar-refractivity contribution is 0.190. The van der Waals surface area contributed by atoms with Gasteiger partial charge in [-0.3, -0.25) is 0 Å². The zero-order chi connectivity index (χ0) is 12.0. The molecular weight excluding hydrogens is 208 g/mol. The van der Waals surface area contributed by atoms with Gasteiger partial charge in [0, 0.05) is 18.3 Å². The lowest BCUT2D eigenvalue weighted by Crippen LogP contribution is -2.34. The number of ether oxygens (including phenoxy) is 1. The third kappa shape index (κ3) is 4.18. The van der Waals surface area contributed by atoms with Crippen LogP contribution in [-0.4, -0.2) is 30.9 Å². The highest BCUT2D eigenvalue weighted by Gasteiger charge is 2.03. The Morgan fingerprint density at radius 3 is 2.94 bits per heavy atom. The zero-order valence-corrected chi connectivity index (χ0v) is 9.36. The van der Waals surface area contributed by atoms with E-state index in [-0.39, 0.29) is 12.6 Å². The predicted octanol–water partition coefficient (Wildman–Crippen LogP) is 1.20. The van der Waals surface area contributed by atoms with Gasteiger partial charge in [-0.2, -0.15) is 0 Å². The van der Waals surface area contributed by atoms with E-state index >= 15 is 0 Å². The van der Waals surface area contributed by atoms with Crippen LogP contribution in [0.25, 0.3) is 0 Å². The minimum Gasteiger partial charge on any atom is -0.497 e. The highest BCUT2D eigenvalue weighted by atomic mass is 16.5. The van der Waals surface area contributed by atoms with Gasteiger partial charge in [0.2, 0.25) is 0 Å². The molecule has 5 nitrogen and oxygen atoms in total. The van der Waals surface area contributed by atoms with Gasteiger partial charge in [0.25, 0.3) is 0 Å². The summed E-state index contributed by atoms with van der Waals surface area (Å²) in [5.41, 5.74) is 0.641. The monoisotopic (exact) mass is 224 g/mol. The van der Waals surface area contributed by atoms with Gasteiger partial charge in [-0.15, -0.1) is 0 Å². The summed E-state index contributed by atoms with van der Waals surface area (Å²) in [5.74, 6) is 0.674. The van der Waals surface area contributed by atoms with Crippen LogP contribution < -0.4 is 15.4 Å². The fourth-order valence-corrected chi connectivity index (χ4v) is 1.12. The summed E-state index contributed by atoms with van der Waals surface area (Å²) in [7, 11) is 1.56. The first-order chi connectivity index (χ1) is 7.61. The molecule has 1 atom stereocenters. The van der Waals surface area contributed by atoms with E-state index in [1.165, 1.54) is 0 Å². The number of benzene rings is 1. The molecule has 0 spiro atoms. The molecule has 2 amide bonds. The number of carbonyl (C=O) groups excluding carboxylic acids is 1. The Bertz CT molecular complexity index is 353. The van der Waals surface area contributed by atoms with Gasteiger partial charge >= 0.3 is 6.03 Å².